The van der Waals surface area contributed by atoms with E-state index in [2.05, 4.69) is 20.3 Å². The number of hydrogen-bond acceptors (Lipinski definition) is 5. The van der Waals surface area contributed by atoms with Crippen LogP contribution in [0.25, 0.3) is 22.2 Å². The minimum Gasteiger partial charge on any atom is -0.324 e. The number of anilines is 1. The Morgan fingerprint density at radius 2 is 1.88 bits per heavy atom. The lowest BCUT2D eigenvalue weighted by atomic mass is 10.2. The van der Waals surface area contributed by atoms with Crippen LogP contribution < -0.4 is 5.32 Å². The second-order valence-corrected chi connectivity index (χ2v) is 6.73. The maximum absolute atomic E-state index is 12.3. The monoisotopic (exact) mass is 360 g/mol. The van der Waals surface area contributed by atoms with E-state index in [1.165, 1.54) is 0 Å². The van der Waals surface area contributed by atoms with Gasteiger partial charge in [0.15, 0.2) is 0 Å². The average Bonchev–Trinajstić information content (AvgIpc) is 3.17. The molecule has 3 heterocycles. The largest absolute Gasteiger partial charge is 0.324 e. The molecule has 26 heavy (non-hydrogen) atoms. The van der Waals surface area contributed by atoms with Gasteiger partial charge in [0.25, 0.3) is 0 Å². The van der Waals surface area contributed by atoms with Crippen molar-refractivity contribution >= 4 is 33.8 Å². The third-order valence-corrected chi connectivity index (χ3v) is 4.91. The first kappa shape index (κ1) is 16.4. The van der Waals surface area contributed by atoms with Gasteiger partial charge in [0.1, 0.15) is 0 Å². The van der Waals surface area contributed by atoms with Crippen molar-refractivity contribution in [1.82, 2.24) is 15.0 Å². The lowest BCUT2D eigenvalue weighted by Gasteiger charge is -2.07. The molecular formula is C20H16N4OS. The predicted molar refractivity (Wildman–Crippen MR) is 104 cm³/mol. The van der Waals surface area contributed by atoms with Gasteiger partial charge in [0.05, 0.1) is 21.9 Å². The molecule has 0 aliphatic carbocycles. The number of carbonyl (C=O) groups excluding carboxylic acids is 1. The Kier molecular flexibility index (Phi) is 4.66. The maximum atomic E-state index is 12.3. The van der Waals surface area contributed by atoms with E-state index in [1.54, 1.807) is 29.9 Å². The molecule has 0 fully saturated rings. The summed E-state index contributed by atoms with van der Waals surface area (Å²) < 4.78 is 0. The number of benzene rings is 1. The number of pyridine rings is 2. The number of nitrogens with zero attached hydrogens (tertiary/aromatic N) is 3. The summed E-state index contributed by atoms with van der Waals surface area (Å²) >= 11 is 1.57. The molecule has 128 valence electrons. The van der Waals surface area contributed by atoms with Gasteiger partial charge in [-0.3, -0.25) is 14.8 Å². The molecule has 0 bridgehead atoms. The van der Waals surface area contributed by atoms with E-state index >= 15 is 0 Å². The Balaban J connectivity index is 1.41. The molecule has 0 aliphatic heterocycles. The van der Waals surface area contributed by atoms with Crippen molar-refractivity contribution in [2.75, 3.05) is 5.32 Å². The molecule has 0 unspecified atom stereocenters. The zero-order chi connectivity index (χ0) is 17.8. The Morgan fingerprint density at radius 1 is 1.04 bits per heavy atom. The van der Waals surface area contributed by atoms with Gasteiger partial charge in [-0.2, -0.15) is 0 Å². The molecule has 0 saturated heterocycles. The number of para-hydroxylation sites is 1. The van der Waals surface area contributed by atoms with Crippen LogP contribution in [-0.4, -0.2) is 20.9 Å². The van der Waals surface area contributed by atoms with Gasteiger partial charge in [0, 0.05) is 47.8 Å². The Labute approximate surface area is 154 Å². The third kappa shape index (κ3) is 3.60. The number of amides is 1. The number of aromatic nitrogens is 3. The smallest absolute Gasteiger partial charge is 0.224 e. The normalized spacial score (nSPS) is 10.8. The van der Waals surface area contributed by atoms with Crippen molar-refractivity contribution in [2.45, 2.75) is 12.8 Å². The lowest BCUT2D eigenvalue weighted by molar-refractivity contribution is -0.116. The van der Waals surface area contributed by atoms with Crippen molar-refractivity contribution in [3.8, 4) is 11.3 Å². The Bertz CT molecular complexity index is 1040. The van der Waals surface area contributed by atoms with Gasteiger partial charge >= 0.3 is 0 Å². The molecule has 1 aromatic carbocycles. The van der Waals surface area contributed by atoms with E-state index < -0.39 is 0 Å². The first-order valence-electron chi connectivity index (χ1n) is 8.28. The molecule has 1 N–H and O–H groups in total. The summed E-state index contributed by atoms with van der Waals surface area (Å²) in [5.41, 5.74) is 3.50. The van der Waals surface area contributed by atoms with E-state index in [0.717, 1.165) is 32.9 Å². The first-order chi connectivity index (χ1) is 12.8. The predicted octanol–water partition coefficient (Wildman–Crippen LogP) is 4.32. The van der Waals surface area contributed by atoms with Crippen LogP contribution in [0.2, 0.25) is 0 Å². The summed E-state index contributed by atoms with van der Waals surface area (Å²) in [5, 5.41) is 6.93. The fourth-order valence-electron chi connectivity index (χ4n) is 2.72. The summed E-state index contributed by atoms with van der Waals surface area (Å²) in [7, 11) is 0. The molecule has 0 spiro atoms. The van der Waals surface area contributed by atoms with Crippen LogP contribution in [0.3, 0.4) is 0 Å². The van der Waals surface area contributed by atoms with Crippen LogP contribution in [0.15, 0.2) is 66.4 Å². The molecule has 0 aliphatic rings. The van der Waals surface area contributed by atoms with Crippen molar-refractivity contribution in [2.24, 2.45) is 0 Å². The second-order valence-electron chi connectivity index (χ2n) is 5.79. The number of hydrogen-bond donors (Lipinski definition) is 1. The molecule has 0 saturated carbocycles. The van der Waals surface area contributed by atoms with Gasteiger partial charge < -0.3 is 5.32 Å². The van der Waals surface area contributed by atoms with Crippen molar-refractivity contribution in [1.29, 1.82) is 0 Å². The molecule has 0 radical (unpaired) electrons. The zero-order valence-corrected chi connectivity index (χ0v) is 14.7. The van der Waals surface area contributed by atoms with Gasteiger partial charge in [-0.1, -0.05) is 18.2 Å². The number of rotatable bonds is 5. The fourth-order valence-corrected chi connectivity index (χ4v) is 3.53. The van der Waals surface area contributed by atoms with Crippen LogP contribution in [0, 0.1) is 0 Å². The Morgan fingerprint density at radius 3 is 2.77 bits per heavy atom. The average molecular weight is 360 g/mol. The second kappa shape index (κ2) is 7.41. The summed E-state index contributed by atoms with van der Waals surface area (Å²) in [4.78, 5) is 25.3. The van der Waals surface area contributed by atoms with E-state index in [4.69, 9.17) is 0 Å². The number of fused-ring (bicyclic) bond motifs is 1. The van der Waals surface area contributed by atoms with Crippen LogP contribution in [0.4, 0.5) is 5.69 Å². The lowest BCUT2D eigenvalue weighted by Crippen LogP contribution is -2.12. The van der Waals surface area contributed by atoms with Gasteiger partial charge in [-0.05, 0) is 24.3 Å². The zero-order valence-electron chi connectivity index (χ0n) is 13.9. The van der Waals surface area contributed by atoms with Crippen LogP contribution in [-0.2, 0) is 11.2 Å². The fraction of sp³-hybridized carbons (Fsp3) is 0.100. The van der Waals surface area contributed by atoms with Crippen LogP contribution in [0.1, 0.15) is 11.4 Å². The number of thiazole rings is 1. The topological polar surface area (TPSA) is 67.8 Å². The standard InChI is InChI=1S/C20H16N4OS/c25-18(23-16-5-1-3-15-4-2-10-22-20(15)16)6-7-19-24-17(13-26-19)14-8-11-21-12-9-14/h1-5,8-13H,6-7H2,(H,23,25). The van der Waals surface area contributed by atoms with Gasteiger partial charge in [-0.15, -0.1) is 11.3 Å². The third-order valence-electron chi connectivity index (χ3n) is 4.00. The summed E-state index contributed by atoms with van der Waals surface area (Å²) in [6, 6.07) is 13.5. The summed E-state index contributed by atoms with van der Waals surface area (Å²) in [6.45, 7) is 0. The van der Waals surface area contributed by atoms with Crippen molar-refractivity contribution in [3.63, 3.8) is 0 Å². The van der Waals surface area contributed by atoms with E-state index in [-0.39, 0.29) is 5.91 Å². The van der Waals surface area contributed by atoms with Gasteiger partial charge in [-0.25, -0.2) is 4.98 Å². The molecule has 1 amide bonds. The van der Waals surface area contributed by atoms with Crippen LogP contribution in [0.5, 0.6) is 0 Å². The summed E-state index contributed by atoms with van der Waals surface area (Å²) in [5.74, 6) is -0.0381. The molecule has 4 aromatic rings. The molecular weight excluding hydrogens is 344 g/mol. The van der Waals surface area contributed by atoms with Crippen LogP contribution >= 0.6 is 11.3 Å². The highest BCUT2D eigenvalue weighted by atomic mass is 32.1. The van der Waals surface area contributed by atoms with E-state index in [1.807, 2.05) is 47.8 Å². The van der Waals surface area contributed by atoms with E-state index in [9.17, 15) is 4.79 Å². The molecule has 5 nitrogen and oxygen atoms in total. The Hall–Kier alpha value is -3.12. The minimum atomic E-state index is -0.0381. The van der Waals surface area contributed by atoms with Crippen molar-refractivity contribution < 1.29 is 4.79 Å². The maximum Gasteiger partial charge on any atom is 0.224 e. The molecule has 3 aromatic heterocycles. The van der Waals surface area contributed by atoms with Crippen molar-refractivity contribution in [3.05, 3.63) is 71.4 Å². The molecule has 6 heteroatoms. The highest BCUT2D eigenvalue weighted by molar-refractivity contribution is 7.09. The summed E-state index contributed by atoms with van der Waals surface area (Å²) in [6.07, 6.45) is 6.22. The minimum absolute atomic E-state index is 0.0381. The van der Waals surface area contributed by atoms with Gasteiger partial charge in [0.2, 0.25) is 5.91 Å². The number of carbonyl (C=O) groups is 1. The molecule has 4 rings (SSSR count). The SMILES string of the molecule is O=C(CCc1nc(-c2ccncc2)cs1)Nc1cccc2cccnc12. The first-order valence-corrected chi connectivity index (χ1v) is 9.16. The number of nitrogens with one attached hydrogen (secondary N) is 1. The molecule has 0 atom stereocenters. The van der Waals surface area contributed by atoms with E-state index in [0.29, 0.717) is 12.8 Å². The highest BCUT2D eigenvalue weighted by Crippen LogP contribution is 2.23. The number of aryl methyl sites for hydroxylation is 1. The quantitative estimate of drug-likeness (QED) is 0.575. The highest BCUT2D eigenvalue weighted by Gasteiger charge is 2.09.